The van der Waals surface area contributed by atoms with E-state index < -0.39 is 17.8 Å². The van der Waals surface area contributed by atoms with Crippen molar-refractivity contribution in [1.29, 1.82) is 5.26 Å². The molecule has 2 heterocycles. The van der Waals surface area contributed by atoms with Gasteiger partial charge < -0.3 is 23.7 Å². The fraction of sp³-hybridized carbons (Fsp3) is 0.255. The topological polar surface area (TPSA) is 136 Å². The van der Waals surface area contributed by atoms with Crippen LogP contribution in [0.4, 0.5) is 9.52 Å². The van der Waals surface area contributed by atoms with Crippen LogP contribution in [-0.2, 0) is 9.47 Å². The number of carbonyl (C=O) groups excluding carboxylic acids is 2. The lowest BCUT2D eigenvalue weighted by Crippen LogP contribution is -2.19. The number of fused-ring (bicyclic) bond motifs is 3. The first-order chi connectivity index (χ1) is 33.3. The number of para-hydroxylation sites is 1. The fourth-order valence-electron chi connectivity index (χ4n) is 7.96. The number of nitrogens with zero attached hydrogens (tertiary/aromatic N) is 4. The molecule has 342 valence electrons. The number of nitriles is 1. The van der Waals surface area contributed by atoms with Crippen LogP contribution >= 0.6 is 11.3 Å². The van der Waals surface area contributed by atoms with E-state index >= 15 is 4.39 Å². The first-order valence-corrected chi connectivity index (χ1v) is 23.6. The molecule has 0 N–H and O–H groups in total. The number of carbonyl (C=O) groups is 2. The monoisotopic (exact) mass is 926 g/mol. The predicted octanol–water partition coefficient (Wildman–Crippen LogP) is 11.3. The van der Waals surface area contributed by atoms with Crippen LogP contribution in [0.2, 0.25) is 0 Å². The average Bonchev–Trinajstić information content (AvgIpc) is 4.02. The molecule has 6 aromatic carbocycles. The lowest BCUT2D eigenvalue weighted by molar-refractivity contribution is 0.0727. The Labute approximate surface area is 397 Å². The molecule has 1 saturated heterocycles. The first-order valence-electron chi connectivity index (χ1n) is 22.7. The van der Waals surface area contributed by atoms with E-state index in [-0.39, 0.29) is 22.6 Å². The molecule has 13 heteroatoms. The second kappa shape index (κ2) is 21.9. The highest BCUT2D eigenvalue weighted by molar-refractivity contribution is 7.22. The summed E-state index contributed by atoms with van der Waals surface area (Å²) in [6, 6.07) is 38.8. The maximum Gasteiger partial charge on any atom is 0.343 e. The molecule has 0 radical (unpaired) electrons. The molecule has 11 nitrogen and oxygen atoms in total. The first kappa shape index (κ1) is 45.7. The normalized spacial score (nSPS) is 16.1. The summed E-state index contributed by atoms with van der Waals surface area (Å²) in [6.07, 6.45) is 8.51. The summed E-state index contributed by atoms with van der Waals surface area (Å²) in [6.45, 7) is 2.41. The Kier molecular flexibility index (Phi) is 14.7. The summed E-state index contributed by atoms with van der Waals surface area (Å²) in [7, 11) is 0. The molecule has 68 heavy (non-hydrogen) atoms. The Bertz CT molecular complexity index is 3030. The predicted molar refractivity (Wildman–Crippen MR) is 260 cm³/mol. The van der Waals surface area contributed by atoms with Crippen molar-refractivity contribution in [2.45, 2.75) is 57.2 Å². The second-order valence-electron chi connectivity index (χ2n) is 16.6. The summed E-state index contributed by atoms with van der Waals surface area (Å²) < 4.78 is 45.4. The van der Waals surface area contributed by atoms with Gasteiger partial charge in [-0.05, 0) is 134 Å². The smallest absolute Gasteiger partial charge is 0.343 e. The van der Waals surface area contributed by atoms with Crippen LogP contribution in [0.3, 0.4) is 0 Å². The van der Waals surface area contributed by atoms with Gasteiger partial charge in [0.25, 0.3) is 0 Å². The number of hydrogen-bond donors (Lipinski definition) is 0. The van der Waals surface area contributed by atoms with Crippen LogP contribution in [0.15, 0.2) is 132 Å². The molecule has 0 amide bonds. The maximum atomic E-state index is 15.6. The molecule has 1 aliphatic heterocycles. The Morgan fingerprint density at radius 1 is 0.794 bits per heavy atom. The third-order valence-corrected chi connectivity index (χ3v) is 12.7. The Balaban J connectivity index is 0.846. The highest BCUT2D eigenvalue weighted by Gasteiger charge is 2.43. The van der Waals surface area contributed by atoms with Gasteiger partial charge in [-0.25, -0.2) is 24.0 Å². The number of thiazole rings is 1. The van der Waals surface area contributed by atoms with E-state index in [4.69, 9.17) is 39.0 Å². The van der Waals surface area contributed by atoms with Crippen molar-refractivity contribution in [1.82, 2.24) is 4.98 Å². The molecule has 0 spiro atoms. The molecule has 0 bridgehead atoms. The zero-order valence-electron chi connectivity index (χ0n) is 37.1. The van der Waals surface area contributed by atoms with Crippen molar-refractivity contribution in [2.75, 3.05) is 31.4 Å². The third kappa shape index (κ3) is 11.9. The molecule has 3 unspecified atom stereocenters. The summed E-state index contributed by atoms with van der Waals surface area (Å²) >= 11 is 1.49. The number of esters is 2. The number of hydrazone groups is 1. The van der Waals surface area contributed by atoms with Gasteiger partial charge in [0, 0.05) is 49.3 Å². The standard InChI is InChI=1S/C55H47FN4O7S/c56-46-34-43(21-25-49(46)67-53(61)42-19-18-41-33-45(22-20-40(41)32-42)64-29-9-28-63-36-39-17-24-50-51(31-39)65-50)54(62)66-48-23-16-38(15-14-37-10-3-1-4-11-37)30-44(48)35-58-60(27-8-2-7-26-57)55-59-47-12-5-6-13-52(47)68-55/h1,3-6,10-13,16,18-23,25,30,32-35,39,50-51H,2,7-9,17,24,27-29,31,36H2/b58-35+. The molecule has 3 atom stereocenters. The van der Waals surface area contributed by atoms with Gasteiger partial charge in [-0.15, -0.1) is 0 Å². The van der Waals surface area contributed by atoms with Gasteiger partial charge >= 0.3 is 11.9 Å². The van der Waals surface area contributed by atoms with E-state index in [9.17, 15) is 9.59 Å². The van der Waals surface area contributed by atoms with Crippen molar-refractivity contribution in [2.24, 2.45) is 11.0 Å². The van der Waals surface area contributed by atoms with Crippen molar-refractivity contribution in [3.63, 3.8) is 0 Å². The SMILES string of the molecule is N#CCCCCN(/N=C/c1cc(C#Cc2ccccc2)ccc1OC(=O)c1ccc(OC(=O)c2ccc3cc(OCCCOCC4CCC5OC5C4)ccc3c2)c(F)c1)c1nc2ccccc2s1. The van der Waals surface area contributed by atoms with Crippen LogP contribution < -0.4 is 19.2 Å². The third-order valence-electron chi connectivity index (χ3n) is 11.7. The lowest BCUT2D eigenvalue weighted by Gasteiger charge is -2.18. The number of epoxide rings is 1. The highest BCUT2D eigenvalue weighted by Crippen LogP contribution is 2.39. The Morgan fingerprint density at radius 3 is 2.40 bits per heavy atom. The number of halogens is 1. The van der Waals surface area contributed by atoms with E-state index in [1.807, 2.05) is 72.8 Å². The summed E-state index contributed by atoms with van der Waals surface area (Å²) in [4.78, 5) is 31.6. The minimum Gasteiger partial charge on any atom is -0.493 e. The van der Waals surface area contributed by atoms with Crippen LogP contribution in [-0.4, -0.2) is 61.7 Å². The van der Waals surface area contributed by atoms with Gasteiger partial charge in [-0.3, -0.25) is 0 Å². The van der Waals surface area contributed by atoms with E-state index in [0.717, 1.165) is 58.5 Å². The van der Waals surface area contributed by atoms with Gasteiger partial charge in [0.05, 0.1) is 52.4 Å². The maximum absolute atomic E-state index is 15.6. The van der Waals surface area contributed by atoms with E-state index in [1.165, 1.54) is 29.9 Å². The second-order valence-corrected chi connectivity index (χ2v) is 17.6. The summed E-state index contributed by atoms with van der Waals surface area (Å²) in [5.41, 5.74) is 2.87. The van der Waals surface area contributed by atoms with E-state index in [0.29, 0.717) is 79.2 Å². The molecule has 1 saturated carbocycles. The largest absolute Gasteiger partial charge is 0.493 e. The molecule has 7 aromatic rings. The van der Waals surface area contributed by atoms with Crippen LogP contribution in [0.25, 0.3) is 21.0 Å². The van der Waals surface area contributed by atoms with Crippen molar-refractivity contribution in [3.05, 3.63) is 161 Å². The molecular weight excluding hydrogens is 880 g/mol. The zero-order chi connectivity index (χ0) is 46.7. The van der Waals surface area contributed by atoms with Gasteiger partial charge in [-0.1, -0.05) is 65.6 Å². The van der Waals surface area contributed by atoms with E-state index in [2.05, 4.69) is 17.9 Å². The molecule has 1 aliphatic carbocycles. The number of rotatable bonds is 18. The number of hydrogen-bond acceptors (Lipinski definition) is 12. The molecular formula is C55H47FN4O7S. The molecule has 9 rings (SSSR count). The number of aromatic nitrogens is 1. The van der Waals surface area contributed by atoms with E-state index in [1.54, 1.807) is 47.6 Å². The molecule has 1 aromatic heterocycles. The van der Waals surface area contributed by atoms with Crippen molar-refractivity contribution < 1.29 is 37.7 Å². The zero-order valence-corrected chi connectivity index (χ0v) is 38.0. The van der Waals surface area contributed by atoms with Crippen LogP contribution in [0.1, 0.15) is 82.4 Å². The fourth-order valence-corrected chi connectivity index (χ4v) is 8.91. The van der Waals surface area contributed by atoms with Crippen molar-refractivity contribution in [3.8, 4) is 35.2 Å². The average molecular weight is 927 g/mol. The lowest BCUT2D eigenvalue weighted by atomic mass is 9.90. The number of ether oxygens (including phenoxy) is 5. The van der Waals surface area contributed by atoms with Gasteiger partial charge in [0.1, 0.15) is 11.5 Å². The summed E-state index contributed by atoms with van der Waals surface area (Å²) in [5, 5.41) is 18.0. The Morgan fingerprint density at radius 2 is 1.56 bits per heavy atom. The number of anilines is 1. The highest BCUT2D eigenvalue weighted by atomic mass is 32.1. The summed E-state index contributed by atoms with van der Waals surface area (Å²) in [5.74, 6) is 4.89. The minimum absolute atomic E-state index is 0.103. The number of unbranched alkanes of at least 4 members (excludes halogenated alkanes) is 2. The van der Waals surface area contributed by atoms with Gasteiger partial charge in [0.15, 0.2) is 11.6 Å². The quantitative estimate of drug-likeness (QED) is 0.0156. The molecule has 2 aliphatic rings. The molecule has 2 fully saturated rings. The number of benzene rings is 6. The Hall–Kier alpha value is -7.42. The van der Waals surface area contributed by atoms with Crippen molar-refractivity contribution >= 4 is 55.6 Å². The van der Waals surface area contributed by atoms with Gasteiger partial charge in [-0.2, -0.15) is 10.4 Å². The minimum atomic E-state index is -0.919. The van der Waals surface area contributed by atoms with Crippen LogP contribution in [0, 0.1) is 34.9 Å². The van der Waals surface area contributed by atoms with Gasteiger partial charge in [0.2, 0.25) is 5.13 Å². The van der Waals surface area contributed by atoms with Crippen LogP contribution in [0.5, 0.6) is 17.2 Å².